The number of likely N-dealkylation sites (tertiary alicyclic amines) is 1. The molecule has 1 aromatic heterocycles. The molecule has 20 heavy (non-hydrogen) atoms. The van der Waals surface area contributed by atoms with Crippen molar-refractivity contribution in [2.45, 2.75) is 44.9 Å². The van der Waals surface area contributed by atoms with Gasteiger partial charge in [-0.3, -0.25) is 0 Å². The molecule has 1 fully saturated rings. The zero-order valence-electron chi connectivity index (χ0n) is 12.0. The lowest BCUT2D eigenvalue weighted by atomic mass is 9.96. The Bertz CT molecular complexity index is 457. The van der Waals surface area contributed by atoms with Gasteiger partial charge < -0.3 is 10.2 Å². The highest BCUT2D eigenvalue weighted by atomic mass is 35.5. The van der Waals surface area contributed by atoms with Crippen molar-refractivity contribution in [3.05, 3.63) is 16.5 Å². The number of hydrogen-bond acceptors (Lipinski definition) is 4. The molecular formula is C15H23ClN4. The van der Waals surface area contributed by atoms with Crippen LogP contribution in [-0.4, -0.2) is 41.0 Å². The lowest BCUT2D eigenvalue weighted by molar-refractivity contribution is 0.337. The summed E-state index contributed by atoms with van der Waals surface area (Å²) >= 11 is 6.03. The van der Waals surface area contributed by atoms with E-state index < -0.39 is 0 Å². The first-order valence-electron chi connectivity index (χ1n) is 7.84. The number of hydrogen-bond donors (Lipinski definition) is 1. The maximum absolute atomic E-state index is 6.03. The third kappa shape index (κ3) is 3.41. The third-order valence-corrected chi connectivity index (χ3v) is 4.47. The monoisotopic (exact) mass is 294 g/mol. The minimum Gasteiger partial charge on any atom is -0.370 e. The van der Waals surface area contributed by atoms with E-state index in [9.17, 15) is 0 Å². The second-order valence-electron chi connectivity index (χ2n) is 5.80. The van der Waals surface area contributed by atoms with Gasteiger partial charge in [-0.25, -0.2) is 9.97 Å². The molecule has 1 N–H and O–H groups in total. The average Bonchev–Trinajstić information content (AvgIpc) is 2.96. The van der Waals surface area contributed by atoms with E-state index in [1.54, 1.807) is 0 Å². The van der Waals surface area contributed by atoms with Gasteiger partial charge in [0.15, 0.2) is 0 Å². The minimum atomic E-state index is 0.382. The highest BCUT2D eigenvalue weighted by Crippen LogP contribution is 2.26. The van der Waals surface area contributed by atoms with E-state index in [4.69, 9.17) is 11.6 Å². The van der Waals surface area contributed by atoms with E-state index in [0.717, 1.165) is 37.3 Å². The Kier molecular flexibility index (Phi) is 4.73. The van der Waals surface area contributed by atoms with Crippen LogP contribution in [0.1, 0.15) is 43.4 Å². The van der Waals surface area contributed by atoms with Crippen LogP contribution in [0.15, 0.2) is 0 Å². The number of aryl methyl sites for hydroxylation is 1. The number of nitrogens with one attached hydrogen (secondary N) is 1. The highest BCUT2D eigenvalue weighted by Gasteiger charge is 2.17. The summed E-state index contributed by atoms with van der Waals surface area (Å²) in [6.07, 6.45) is 8.47. The molecule has 0 spiro atoms. The summed E-state index contributed by atoms with van der Waals surface area (Å²) in [5.74, 6) is 0.973. The quantitative estimate of drug-likeness (QED) is 0.670. The van der Waals surface area contributed by atoms with Crippen LogP contribution in [-0.2, 0) is 12.8 Å². The molecule has 1 aliphatic heterocycles. The van der Waals surface area contributed by atoms with Crippen LogP contribution >= 0.6 is 11.6 Å². The van der Waals surface area contributed by atoms with Crippen LogP contribution in [0.3, 0.4) is 0 Å². The van der Waals surface area contributed by atoms with E-state index in [0.29, 0.717) is 5.28 Å². The SMILES string of the molecule is Clc1nc2c(c(NCCCN3CCCC3)n1)CCCC2. The Morgan fingerprint density at radius 1 is 1.05 bits per heavy atom. The zero-order valence-corrected chi connectivity index (χ0v) is 12.8. The van der Waals surface area contributed by atoms with Crippen LogP contribution in [0.5, 0.6) is 0 Å². The third-order valence-electron chi connectivity index (χ3n) is 4.30. The number of rotatable bonds is 5. The smallest absolute Gasteiger partial charge is 0.224 e. The van der Waals surface area contributed by atoms with Crippen molar-refractivity contribution in [2.75, 3.05) is 31.5 Å². The van der Waals surface area contributed by atoms with E-state index in [2.05, 4.69) is 20.2 Å². The first-order chi connectivity index (χ1) is 9.83. The molecule has 0 atom stereocenters. The molecule has 2 aliphatic rings. The van der Waals surface area contributed by atoms with Crippen LogP contribution in [0.4, 0.5) is 5.82 Å². The number of nitrogens with zero attached hydrogens (tertiary/aromatic N) is 3. The molecule has 110 valence electrons. The summed E-state index contributed by atoms with van der Waals surface area (Å²) in [6.45, 7) is 4.70. The van der Waals surface area contributed by atoms with Gasteiger partial charge in [-0.15, -0.1) is 0 Å². The lowest BCUT2D eigenvalue weighted by Crippen LogP contribution is -2.23. The van der Waals surface area contributed by atoms with E-state index in [-0.39, 0.29) is 0 Å². The molecular weight excluding hydrogens is 272 g/mol. The van der Waals surface area contributed by atoms with Crippen molar-refractivity contribution in [3.63, 3.8) is 0 Å². The van der Waals surface area contributed by atoms with Crippen molar-refractivity contribution >= 4 is 17.4 Å². The molecule has 0 saturated carbocycles. The Balaban J connectivity index is 1.55. The largest absolute Gasteiger partial charge is 0.370 e. The highest BCUT2D eigenvalue weighted by molar-refractivity contribution is 6.28. The molecule has 2 heterocycles. The molecule has 0 amide bonds. The molecule has 1 saturated heterocycles. The van der Waals surface area contributed by atoms with Crippen LogP contribution in [0.25, 0.3) is 0 Å². The standard InChI is InChI=1S/C15H23ClN4/c16-15-18-13-7-2-1-6-12(13)14(19-15)17-8-5-11-20-9-3-4-10-20/h1-11H2,(H,17,18,19). The Hall–Kier alpha value is -0.870. The fourth-order valence-electron chi connectivity index (χ4n) is 3.23. The van der Waals surface area contributed by atoms with Gasteiger partial charge >= 0.3 is 0 Å². The number of halogens is 1. The summed E-state index contributed by atoms with van der Waals surface area (Å²) in [5, 5.41) is 3.86. The zero-order chi connectivity index (χ0) is 13.8. The summed E-state index contributed by atoms with van der Waals surface area (Å²) < 4.78 is 0. The number of fused-ring (bicyclic) bond motifs is 1. The van der Waals surface area contributed by atoms with Gasteiger partial charge in [0.2, 0.25) is 5.28 Å². The van der Waals surface area contributed by atoms with Gasteiger partial charge in [-0.1, -0.05) is 0 Å². The predicted molar refractivity (Wildman–Crippen MR) is 82.5 cm³/mol. The van der Waals surface area contributed by atoms with E-state index in [1.165, 1.54) is 50.9 Å². The lowest BCUT2D eigenvalue weighted by Gasteiger charge is -2.19. The Morgan fingerprint density at radius 2 is 1.85 bits per heavy atom. The number of aromatic nitrogens is 2. The van der Waals surface area contributed by atoms with Crippen molar-refractivity contribution in [1.29, 1.82) is 0 Å². The van der Waals surface area contributed by atoms with E-state index in [1.807, 2.05) is 0 Å². The molecule has 3 rings (SSSR count). The fraction of sp³-hybridized carbons (Fsp3) is 0.733. The Morgan fingerprint density at radius 3 is 2.70 bits per heavy atom. The van der Waals surface area contributed by atoms with Gasteiger partial charge in [-0.05, 0) is 76.2 Å². The molecule has 4 nitrogen and oxygen atoms in total. The molecule has 0 bridgehead atoms. The summed E-state index contributed by atoms with van der Waals surface area (Å²) in [7, 11) is 0. The second-order valence-corrected chi connectivity index (χ2v) is 6.14. The summed E-state index contributed by atoms with van der Waals surface area (Å²) in [6, 6.07) is 0. The predicted octanol–water partition coefficient (Wildman–Crippen LogP) is 2.91. The molecule has 0 aromatic carbocycles. The molecule has 5 heteroatoms. The van der Waals surface area contributed by atoms with E-state index >= 15 is 0 Å². The first kappa shape index (κ1) is 14.1. The van der Waals surface area contributed by atoms with Crippen molar-refractivity contribution < 1.29 is 0 Å². The minimum absolute atomic E-state index is 0.382. The molecule has 1 aromatic rings. The molecule has 0 radical (unpaired) electrons. The molecule has 1 aliphatic carbocycles. The second kappa shape index (κ2) is 6.72. The maximum atomic E-state index is 6.03. The van der Waals surface area contributed by atoms with Crippen molar-refractivity contribution in [3.8, 4) is 0 Å². The normalized spacial score (nSPS) is 19.1. The number of anilines is 1. The van der Waals surface area contributed by atoms with Crippen LogP contribution in [0, 0.1) is 0 Å². The van der Waals surface area contributed by atoms with Gasteiger partial charge in [0.1, 0.15) is 5.82 Å². The van der Waals surface area contributed by atoms with Gasteiger partial charge in [0.05, 0.1) is 5.69 Å². The summed E-state index contributed by atoms with van der Waals surface area (Å²) in [5.41, 5.74) is 2.44. The van der Waals surface area contributed by atoms with Gasteiger partial charge in [0, 0.05) is 12.1 Å². The van der Waals surface area contributed by atoms with Crippen molar-refractivity contribution in [1.82, 2.24) is 14.9 Å². The fourth-order valence-corrected chi connectivity index (χ4v) is 3.41. The van der Waals surface area contributed by atoms with Gasteiger partial charge in [-0.2, -0.15) is 0 Å². The average molecular weight is 295 g/mol. The topological polar surface area (TPSA) is 41.1 Å². The molecule has 0 unspecified atom stereocenters. The summed E-state index contributed by atoms with van der Waals surface area (Å²) in [4.78, 5) is 11.3. The maximum Gasteiger partial charge on any atom is 0.224 e. The van der Waals surface area contributed by atoms with Crippen LogP contribution in [0.2, 0.25) is 5.28 Å². The van der Waals surface area contributed by atoms with Crippen molar-refractivity contribution in [2.24, 2.45) is 0 Å². The van der Waals surface area contributed by atoms with Crippen LogP contribution < -0.4 is 5.32 Å². The Labute approximate surface area is 125 Å². The van der Waals surface area contributed by atoms with Gasteiger partial charge in [0.25, 0.3) is 0 Å². The first-order valence-corrected chi connectivity index (χ1v) is 8.22.